The lowest BCUT2D eigenvalue weighted by molar-refractivity contribution is -0.133. The summed E-state index contributed by atoms with van der Waals surface area (Å²) in [6, 6.07) is 7.03. The van der Waals surface area contributed by atoms with E-state index in [9.17, 15) is 9.59 Å². The highest BCUT2D eigenvalue weighted by Crippen LogP contribution is 2.16. The molecular formula is C15H18N4O2. The Kier molecular flexibility index (Phi) is 3.68. The van der Waals surface area contributed by atoms with Crippen molar-refractivity contribution >= 4 is 16.8 Å². The molecule has 1 aromatic carbocycles. The number of benzene rings is 1. The van der Waals surface area contributed by atoms with E-state index in [1.165, 1.54) is 0 Å². The van der Waals surface area contributed by atoms with E-state index in [0.29, 0.717) is 16.8 Å². The van der Waals surface area contributed by atoms with Gasteiger partial charge in [-0.3, -0.25) is 9.59 Å². The van der Waals surface area contributed by atoms with Crippen molar-refractivity contribution in [2.75, 3.05) is 13.1 Å². The van der Waals surface area contributed by atoms with Crippen molar-refractivity contribution in [2.45, 2.75) is 26.3 Å². The third kappa shape index (κ3) is 2.79. The Morgan fingerprint density at radius 3 is 2.76 bits per heavy atom. The predicted molar refractivity (Wildman–Crippen MR) is 78.8 cm³/mol. The van der Waals surface area contributed by atoms with Crippen molar-refractivity contribution in [3.8, 4) is 0 Å². The quantitative estimate of drug-likeness (QED) is 0.827. The average molecular weight is 286 g/mol. The van der Waals surface area contributed by atoms with E-state index in [-0.39, 0.29) is 18.0 Å². The maximum Gasteiger partial charge on any atom is 0.278 e. The lowest BCUT2D eigenvalue weighted by Gasteiger charge is -2.30. The number of likely N-dealkylation sites (tertiary alicyclic amines) is 1. The molecule has 2 aromatic rings. The Balaban J connectivity index is 1.80. The normalized spacial score (nSPS) is 16.3. The second-order valence-corrected chi connectivity index (χ2v) is 5.63. The first-order chi connectivity index (χ1) is 10.1. The fourth-order valence-corrected chi connectivity index (χ4v) is 2.61. The molecule has 0 atom stereocenters. The van der Waals surface area contributed by atoms with Gasteiger partial charge in [0.1, 0.15) is 12.1 Å². The maximum absolute atomic E-state index is 12.3. The Morgan fingerprint density at radius 2 is 2.00 bits per heavy atom. The molecule has 1 aliphatic heterocycles. The van der Waals surface area contributed by atoms with Gasteiger partial charge in [-0.1, -0.05) is 24.3 Å². The molecule has 3 rings (SSSR count). The number of aromatic nitrogens is 3. The van der Waals surface area contributed by atoms with Crippen LogP contribution in [0.2, 0.25) is 0 Å². The summed E-state index contributed by atoms with van der Waals surface area (Å²) >= 11 is 0. The fraction of sp³-hybridized carbons (Fsp3) is 0.467. The monoisotopic (exact) mass is 286 g/mol. The van der Waals surface area contributed by atoms with Crippen LogP contribution in [0.3, 0.4) is 0 Å². The number of rotatable bonds is 2. The van der Waals surface area contributed by atoms with Gasteiger partial charge in [-0.05, 0) is 30.9 Å². The number of amides is 1. The first-order valence-corrected chi connectivity index (χ1v) is 7.25. The van der Waals surface area contributed by atoms with Crippen LogP contribution >= 0.6 is 0 Å². The summed E-state index contributed by atoms with van der Waals surface area (Å²) in [5.41, 5.74) is 0.289. The van der Waals surface area contributed by atoms with Crippen LogP contribution in [0.1, 0.15) is 19.8 Å². The average Bonchev–Trinajstić information content (AvgIpc) is 2.51. The second kappa shape index (κ2) is 5.63. The van der Waals surface area contributed by atoms with E-state index in [0.717, 1.165) is 30.6 Å². The molecular weight excluding hydrogens is 268 g/mol. The van der Waals surface area contributed by atoms with Crippen LogP contribution in [0.25, 0.3) is 10.9 Å². The third-order valence-corrected chi connectivity index (χ3v) is 4.05. The molecule has 0 N–H and O–H groups in total. The minimum absolute atomic E-state index is 0.0367. The minimum atomic E-state index is -0.265. The van der Waals surface area contributed by atoms with E-state index >= 15 is 0 Å². The fourth-order valence-electron chi connectivity index (χ4n) is 2.61. The van der Waals surface area contributed by atoms with Crippen molar-refractivity contribution in [1.82, 2.24) is 19.9 Å². The molecule has 6 nitrogen and oxygen atoms in total. The van der Waals surface area contributed by atoms with Crippen LogP contribution in [0.15, 0.2) is 29.1 Å². The van der Waals surface area contributed by atoms with Crippen molar-refractivity contribution in [3.63, 3.8) is 0 Å². The summed E-state index contributed by atoms with van der Waals surface area (Å²) in [6.07, 6.45) is 2.04. The molecule has 0 aliphatic carbocycles. The van der Waals surface area contributed by atoms with Gasteiger partial charge in [-0.2, -0.15) is 0 Å². The van der Waals surface area contributed by atoms with E-state index in [1.54, 1.807) is 24.3 Å². The Morgan fingerprint density at radius 1 is 1.29 bits per heavy atom. The number of hydrogen-bond donors (Lipinski definition) is 0. The van der Waals surface area contributed by atoms with Crippen molar-refractivity contribution in [2.24, 2.45) is 5.92 Å². The van der Waals surface area contributed by atoms with E-state index in [1.807, 2.05) is 4.90 Å². The van der Waals surface area contributed by atoms with Crippen LogP contribution in [0, 0.1) is 5.92 Å². The first kappa shape index (κ1) is 13.7. The zero-order valence-corrected chi connectivity index (χ0v) is 12.0. The number of fused-ring (bicyclic) bond motifs is 1. The van der Waals surface area contributed by atoms with Crippen LogP contribution in [0.5, 0.6) is 0 Å². The molecule has 1 fully saturated rings. The summed E-state index contributed by atoms with van der Waals surface area (Å²) in [4.78, 5) is 26.4. The molecule has 1 amide bonds. The molecule has 0 radical (unpaired) electrons. The zero-order chi connectivity index (χ0) is 14.8. The molecule has 2 heterocycles. The predicted octanol–water partition coefficient (Wildman–Crippen LogP) is 1.05. The lowest BCUT2D eigenvalue weighted by Crippen LogP contribution is -2.41. The summed E-state index contributed by atoms with van der Waals surface area (Å²) in [7, 11) is 0. The summed E-state index contributed by atoms with van der Waals surface area (Å²) in [6.45, 7) is 3.68. The first-order valence-electron chi connectivity index (χ1n) is 7.25. The lowest BCUT2D eigenvalue weighted by atomic mass is 9.99. The van der Waals surface area contributed by atoms with E-state index < -0.39 is 0 Å². The van der Waals surface area contributed by atoms with Gasteiger partial charge in [0.15, 0.2) is 0 Å². The van der Waals surface area contributed by atoms with Gasteiger partial charge in [0.05, 0.1) is 5.39 Å². The minimum Gasteiger partial charge on any atom is -0.341 e. The molecule has 0 spiro atoms. The Labute approximate surface area is 122 Å². The van der Waals surface area contributed by atoms with Gasteiger partial charge in [0, 0.05) is 13.1 Å². The van der Waals surface area contributed by atoms with Crippen molar-refractivity contribution in [1.29, 1.82) is 0 Å². The largest absolute Gasteiger partial charge is 0.341 e. The number of nitrogens with zero attached hydrogens (tertiary/aromatic N) is 4. The van der Waals surface area contributed by atoms with Gasteiger partial charge in [-0.15, -0.1) is 5.10 Å². The summed E-state index contributed by atoms with van der Waals surface area (Å²) < 4.78 is 1.16. The highest BCUT2D eigenvalue weighted by molar-refractivity contribution is 5.78. The van der Waals surface area contributed by atoms with Gasteiger partial charge in [-0.25, -0.2) is 4.68 Å². The molecule has 21 heavy (non-hydrogen) atoms. The number of piperidine rings is 1. The summed E-state index contributed by atoms with van der Waals surface area (Å²) in [5.74, 6) is 0.603. The Bertz CT molecular complexity index is 717. The zero-order valence-electron chi connectivity index (χ0n) is 12.0. The molecule has 6 heteroatoms. The molecule has 1 saturated heterocycles. The highest BCUT2D eigenvalue weighted by atomic mass is 16.2. The van der Waals surface area contributed by atoms with E-state index in [4.69, 9.17) is 0 Å². The maximum atomic E-state index is 12.3. The smallest absolute Gasteiger partial charge is 0.278 e. The molecule has 110 valence electrons. The second-order valence-electron chi connectivity index (χ2n) is 5.63. The number of carbonyl (C=O) groups is 1. The van der Waals surface area contributed by atoms with Gasteiger partial charge in [0.25, 0.3) is 5.56 Å². The van der Waals surface area contributed by atoms with Gasteiger partial charge in [0.2, 0.25) is 5.91 Å². The molecule has 0 bridgehead atoms. The van der Waals surface area contributed by atoms with Crippen LogP contribution in [-0.2, 0) is 11.3 Å². The molecule has 1 aliphatic rings. The number of carbonyl (C=O) groups excluding carboxylic acids is 1. The molecule has 1 aromatic heterocycles. The summed E-state index contributed by atoms with van der Waals surface area (Å²) in [5, 5.41) is 8.35. The molecule has 0 saturated carbocycles. The van der Waals surface area contributed by atoms with Crippen molar-refractivity contribution in [3.05, 3.63) is 34.6 Å². The third-order valence-electron chi connectivity index (χ3n) is 4.05. The highest BCUT2D eigenvalue weighted by Gasteiger charge is 2.21. The van der Waals surface area contributed by atoms with E-state index in [2.05, 4.69) is 17.2 Å². The molecule has 0 unspecified atom stereocenters. The van der Waals surface area contributed by atoms with Gasteiger partial charge < -0.3 is 4.90 Å². The van der Waals surface area contributed by atoms with Gasteiger partial charge >= 0.3 is 0 Å². The number of hydrogen-bond acceptors (Lipinski definition) is 4. The van der Waals surface area contributed by atoms with Crippen LogP contribution in [-0.4, -0.2) is 38.9 Å². The Hall–Kier alpha value is -2.24. The standard InChI is InChI=1S/C15H18N4O2/c1-11-6-8-18(9-7-11)14(20)10-19-15(21)12-4-2-3-5-13(12)16-17-19/h2-5,11H,6-10H2,1H3. The topological polar surface area (TPSA) is 68.1 Å². The van der Waals surface area contributed by atoms with Crippen LogP contribution < -0.4 is 5.56 Å². The van der Waals surface area contributed by atoms with Crippen LogP contribution in [0.4, 0.5) is 0 Å². The SMILES string of the molecule is CC1CCN(C(=O)Cn2nnc3ccccc3c2=O)CC1. The van der Waals surface area contributed by atoms with Crippen molar-refractivity contribution < 1.29 is 4.79 Å².